The second-order valence-electron chi connectivity index (χ2n) is 2.67. The maximum absolute atomic E-state index is 3.42. The van der Waals surface area contributed by atoms with Crippen LogP contribution < -0.4 is 0 Å². The zero-order chi connectivity index (χ0) is 8.97. The molecule has 0 unspecified atom stereocenters. The van der Waals surface area contributed by atoms with Crippen LogP contribution in [0, 0.1) is 0 Å². The van der Waals surface area contributed by atoms with Gasteiger partial charge in [-0.25, -0.2) is 0 Å². The van der Waals surface area contributed by atoms with E-state index >= 15 is 0 Å². The van der Waals surface area contributed by atoms with Crippen LogP contribution in [0.1, 0.15) is 25.8 Å². The standard InChI is InChI=1S/C11H13Br/c1-3-9(4-2)10-5-7-11(12)8-6-10/h3,5-8H,4H2,1-2H3/b9-3+. The van der Waals surface area contributed by atoms with Crippen LogP contribution in [0.25, 0.3) is 5.57 Å². The lowest BCUT2D eigenvalue weighted by molar-refractivity contribution is 1.23. The smallest absolute Gasteiger partial charge is 0.0175 e. The Labute approximate surface area is 82.4 Å². The second kappa shape index (κ2) is 4.46. The van der Waals surface area contributed by atoms with Gasteiger partial charge in [-0.05, 0) is 36.6 Å². The van der Waals surface area contributed by atoms with Gasteiger partial charge in [0.2, 0.25) is 0 Å². The molecule has 0 nitrogen and oxygen atoms in total. The molecule has 1 rings (SSSR count). The van der Waals surface area contributed by atoms with Gasteiger partial charge in [-0.3, -0.25) is 0 Å². The second-order valence-corrected chi connectivity index (χ2v) is 3.59. The van der Waals surface area contributed by atoms with E-state index in [0.717, 1.165) is 10.9 Å². The largest absolute Gasteiger partial charge is 0.0839 e. The highest BCUT2D eigenvalue weighted by Gasteiger charge is 1.96. The van der Waals surface area contributed by atoms with Crippen molar-refractivity contribution in [3.05, 3.63) is 40.4 Å². The molecule has 0 fully saturated rings. The summed E-state index contributed by atoms with van der Waals surface area (Å²) < 4.78 is 1.14. The molecular formula is C11H13Br. The van der Waals surface area contributed by atoms with Crippen LogP contribution in [0.15, 0.2) is 34.8 Å². The molecule has 0 bridgehead atoms. The lowest BCUT2D eigenvalue weighted by Gasteiger charge is -2.03. The van der Waals surface area contributed by atoms with Gasteiger partial charge in [0.25, 0.3) is 0 Å². The Bertz CT molecular complexity index is 270. The molecule has 0 saturated carbocycles. The maximum atomic E-state index is 3.42. The van der Waals surface area contributed by atoms with Gasteiger partial charge in [0, 0.05) is 4.47 Å². The molecule has 0 aliphatic carbocycles. The summed E-state index contributed by atoms with van der Waals surface area (Å²) in [6, 6.07) is 8.44. The van der Waals surface area contributed by atoms with Gasteiger partial charge >= 0.3 is 0 Å². The first kappa shape index (κ1) is 9.53. The lowest BCUT2D eigenvalue weighted by atomic mass is 10.0. The molecule has 0 atom stereocenters. The van der Waals surface area contributed by atoms with Gasteiger partial charge in [0.15, 0.2) is 0 Å². The summed E-state index contributed by atoms with van der Waals surface area (Å²) in [5, 5.41) is 0. The van der Waals surface area contributed by atoms with Gasteiger partial charge in [-0.2, -0.15) is 0 Å². The van der Waals surface area contributed by atoms with Crippen LogP contribution in [0.4, 0.5) is 0 Å². The summed E-state index contributed by atoms with van der Waals surface area (Å²) in [7, 11) is 0. The van der Waals surface area contributed by atoms with Crippen molar-refractivity contribution in [2.24, 2.45) is 0 Å². The monoisotopic (exact) mass is 224 g/mol. The Morgan fingerprint density at radius 1 is 1.33 bits per heavy atom. The summed E-state index contributed by atoms with van der Waals surface area (Å²) in [6.07, 6.45) is 3.27. The van der Waals surface area contributed by atoms with E-state index in [0.29, 0.717) is 0 Å². The van der Waals surface area contributed by atoms with Crippen LogP contribution in [0.2, 0.25) is 0 Å². The van der Waals surface area contributed by atoms with Crippen LogP contribution in [0.5, 0.6) is 0 Å². The van der Waals surface area contributed by atoms with E-state index in [4.69, 9.17) is 0 Å². The molecule has 0 N–H and O–H groups in total. The van der Waals surface area contributed by atoms with Gasteiger partial charge in [-0.15, -0.1) is 0 Å². The number of hydrogen-bond donors (Lipinski definition) is 0. The van der Waals surface area contributed by atoms with Crippen molar-refractivity contribution in [3.8, 4) is 0 Å². The SMILES string of the molecule is C/C=C(\CC)c1ccc(Br)cc1. The fourth-order valence-corrected chi connectivity index (χ4v) is 1.50. The van der Waals surface area contributed by atoms with Crippen molar-refractivity contribution in [1.82, 2.24) is 0 Å². The Balaban J connectivity index is 2.96. The van der Waals surface area contributed by atoms with Crippen LogP contribution in [-0.4, -0.2) is 0 Å². The highest BCUT2D eigenvalue weighted by Crippen LogP contribution is 2.19. The zero-order valence-electron chi connectivity index (χ0n) is 7.47. The van der Waals surface area contributed by atoms with Gasteiger partial charge in [-0.1, -0.05) is 41.1 Å². The molecule has 0 radical (unpaired) electrons. The van der Waals surface area contributed by atoms with Crippen molar-refractivity contribution in [3.63, 3.8) is 0 Å². The van der Waals surface area contributed by atoms with Gasteiger partial charge in [0.05, 0.1) is 0 Å². The third-order valence-electron chi connectivity index (χ3n) is 1.94. The summed E-state index contributed by atoms with van der Waals surface area (Å²) >= 11 is 3.42. The van der Waals surface area contributed by atoms with Crippen LogP contribution >= 0.6 is 15.9 Å². The van der Waals surface area contributed by atoms with E-state index in [1.807, 2.05) is 0 Å². The minimum absolute atomic E-state index is 1.10. The molecule has 0 aliphatic heterocycles. The fraction of sp³-hybridized carbons (Fsp3) is 0.273. The van der Waals surface area contributed by atoms with E-state index in [1.54, 1.807) is 0 Å². The molecule has 64 valence electrons. The average Bonchev–Trinajstić information content (AvgIpc) is 2.10. The molecule has 0 spiro atoms. The molecule has 0 heterocycles. The van der Waals surface area contributed by atoms with Crippen molar-refractivity contribution in [2.75, 3.05) is 0 Å². The number of halogens is 1. The predicted molar refractivity (Wildman–Crippen MR) is 58.1 cm³/mol. The van der Waals surface area contributed by atoms with Crippen molar-refractivity contribution in [2.45, 2.75) is 20.3 Å². The number of allylic oxidation sites excluding steroid dienone is 2. The Morgan fingerprint density at radius 3 is 2.33 bits per heavy atom. The lowest BCUT2D eigenvalue weighted by Crippen LogP contribution is -1.80. The summed E-state index contributed by atoms with van der Waals surface area (Å²) in [5.74, 6) is 0. The third-order valence-corrected chi connectivity index (χ3v) is 2.47. The first-order valence-corrected chi connectivity index (χ1v) is 4.98. The summed E-state index contributed by atoms with van der Waals surface area (Å²) in [6.45, 7) is 4.26. The number of hydrogen-bond acceptors (Lipinski definition) is 0. The van der Waals surface area contributed by atoms with Crippen LogP contribution in [-0.2, 0) is 0 Å². The van der Waals surface area contributed by atoms with E-state index < -0.39 is 0 Å². The molecule has 0 aromatic heterocycles. The summed E-state index contributed by atoms with van der Waals surface area (Å²) in [5.41, 5.74) is 2.73. The minimum atomic E-state index is 1.10. The Hall–Kier alpha value is -0.560. The molecule has 0 amide bonds. The van der Waals surface area contributed by atoms with E-state index in [9.17, 15) is 0 Å². The molecule has 12 heavy (non-hydrogen) atoms. The number of rotatable bonds is 2. The molecule has 1 aromatic carbocycles. The van der Waals surface area contributed by atoms with E-state index in [2.05, 4.69) is 60.1 Å². The number of benzene rings is 1. The molecule has 0 aliphatic rings. The Morgan fingerprint density at radius 2 is 1.92 bits per heavy atom. The minimum Gasteiger partial charge on any atom is -0.0839 e. The molecule has 0 saturated heterocycles. The molecular weight excluding hydrogens is 212 g/mol. The van der Waals surface area contributed by atoms with Crippen molar-refractivity contribution >= 4 is 21.5 Å². The zero-order valence-corrected chi connectivity index (χ0v) is 9.06. The topological polar surface area (TPSA) is 0 Å². The van der Waals surface area contributed by atoms with Crippen LogP contribution in [0.3, 0.4) is 0 Å². The molecule has 1 aromatic rings. The normalized spacial score (nSPS) is 11.8. The highest BCUT2D eigenvalue weighted by atomic mass is 79.9. The van der Waals surface area contributed by atoms with Crippen molar-refractivity contribution in [1.29, 1.82) is 0 Å². The first-order chi connectivity index (χ1) is 5.77. The van der Waals surface area contributed by atoms with E-state index in [-0.39, 0.29) is 0 Å². The van der Waals surface area contributed by atoms with E-state index in [1.165, 1.54) is 11.1 Å². The molecule has 1 heteroatoms. The quantitative estimate of drug-likeness (QED) is 0.705. The van der Waals surface area contributed by atoms with Gasteiger partial charge in [0.1, 0.15) is 0 Å². The van der Waals surface area contributed by atoms with Gasteiger partial charge < -0.3 is 0 Å². The average molecular weight is 225 g/mol. The Kier molecular flexibility index (Phi) is 3.54. The fourth-order valence-electron chi connectivity index (χ4n) is 1.24. The highest BCUT2D eigenvalue weighted by molar-refractivity contribution is 9.10. The third kappa shape index (κ3) is 2.21. The predicted octanol–water partition coefficient (Wildman–Crippen LogP) is 4.26. The van der Waals surface area contributed by atoms with Crippen molar-refractivity contribution < 1.29 is 0 Å². The maximum Gasteiger partial charge on any atom is 0.0175 e. The first-order valence-electron chi connectivity index (χ1n) is 4.19. The summed E-state index contributed by atoms with van der Waals surface area (Å²) in [4.78, 5) is 0.